The lowest BCUT2D eigenvalue weighted by Gasteiger charge is -2.27. The fraction of sp³-hybridized carbons (Fsp3) is 0.652. The highest BCUT2D eigenvalue weighted by Crippen LogP contribution is 2.22. The van der Waals surface area contributed by atoms with Crippen LogP contribution in [-0.4, -0.2) is 65.9 Å². The lowest BCUT2D eigenvalue weighted by molar-refractivity contribution is 0.0503. The highest BCUT2D eigenvalue weighted by Gasteiger charge is 2.32. The third kappa shape index (κ3) is 6.90. The summed E-state index contributed by atoms with van der Waals surface area (Å²) in [7, 11) is 0. The van der Waals surface area contributed by atoms with Crippen molar-refractivity contribution < 1.29 is 19.1 Å². The molecule has 2 aliphatic rings. The number of amides is 2. The minimum atomic E-state index is -0.484. The second-order valence-corrected chi connectivity index (χ2v) is 9.24. The van der Waals surface area contributed by atoms with E-state index in [2.05, 4.69) is 10.2 Å². The predicted molar refractivity (Wildman–Crippen MR) is 115 cm³/mol. The average Bonchev–Trinajstić information content (AvgIpc) is 3.00. The molecule has 2 heterocycles. The minimum Gasteiger partial charge on any atom is -0.445 e. The summed E-state index contributed by atoms with van der Waals surface area (Å²) in [5, 5.41) is 2.99. The number of alkyl carbamates (subject to hydrolysis) is 1. The molecule has 1 aromatic carbocycles. The number of carbonyl (C=O) groups excluding carboxylic acids is 2. The van der Waals surface area contributed by atoms with Crippen LogP contribution in [0.25, 0.3) is 0 Å². The quantitative estimate of drug-likeness (QED) is 0.807. The predicted octanol–water partition coefficient (Wildman–Crippen LogP) is 3.78. The minimum absolute atomic E-state index is 0.120. The van der Waals surface area contributed by atoms with Crippen LogP contribution in [0, 0.1) is 0 Å². The first-order valence-corrected chi connectivity index (χ1v) is 11.0. The van der Waals surface area contributed by atoms with Crippen molar-refractivity contribution >= 4 is 12.2 Å². The molecular weight excluding hydrogens is 382 g/mol. The zero-order chi connectivity index (χ0) is 21.6. The Labute approximate surface area is 179 Å². The zero-order valence-electron chi connectivity index (χ0n) is 18.4. The van der Waals surface area contributed by atoms with Crippen molar-refractivity contribution in [1.82, 2.24) is 15.1 Å². The van der Waals surface area contributed by atoms with Gasteiger partial charge in [-0.1, -0.05) is 30.3 Å². The molecule has 1 N–H and O–H groups in total. The Hall–Kier alpha value is -2.28. The number of nitrogens with zero attached hydrogens (tertiary/aromatic N) is 2. The summed E-state index contributed by atoms with van der Waals surface area (Å²) in [4.78, 5) is 28.8. The molecule has 7 nitrogen and oxygen atoms in total. The normalized spacial score (nSPS) is 23.0. The van der Waals surface area contributed by atoms with Crippen molar-refractivity contribution in [1.29, 1.82) is 0 Å². The molecule has 1 unspecified atom stereocenters. The van der Waals surface area contributed by atoms with Crippen LogP contribution in [0.15, 0.2) is 30.3 Å². The molecule has 2 atom stereocenters. The van der Waals surface area contributed by atoms with E-state index < -0.39 is 5.60 Å². The molecule has 0 bridgehead atoms. The number of likely N-dealkylation sites (tertiary alicyclic amines) is 2. The fourth-order valence-corrected chi connectivity index (χ4v) is 4.15. The van der Waals surface area contributed by atoms with E-state index in [1.54, 1.807) is 0 Å². The van der Waals surface area contributed by atoms with Crippen molar-refractivity contribution in [3.8, 4) is 0 Å². The Bertz CT molecular complexity index is 704. The molecular formula is C23H35N3O4. The third-order valence-corrected chi connectivity index (χ3v) is 5.62. The van der Waals surface area contributed by atoms with Gasteiger partial charge in [-0.25, -0.2) is 9.59 Å². The van der Waals surface area contributed by atoms with Crippen LogP contribution in [0.2, 0.25) is 0 Å². The van der Waals surface area contributed by atoms with Gasteiger partial charge in [0.2, 0.25) is 0 Å². The lowest BCUT2D eigenvalue weighted by atomic mass is 10.1. The van der Waals surface area contributed by atoms with Crippen molar-refractivity contribution in [3.05, 3.63) is 35.9 Å². The molecule has 0 radical (unpaired) electrons. The maximum Gasteiger partial charge on any atom is 0.410 e. The largest absolute Gasteiger partial charge is 0.445 e. The van der Waals surface area contributed by atoms with Gasteiger partial charge in [-0.3, -0.25) is 4.90 Å². The van der Waals surface area contributed by atoms with Crippen molar-refractivity contribution in [2.75, 3.05) is 26.2 Å². The van der Waals surface area contributed by atoms with Crippen LogP contribution in [-0.2, 0) is 16.1 Å². The van der Waals surface area contributed by atoms with Crippen molar-refractivity contribution in [2.24, 2.45) is 0 Å². The Morgan fingerprint density at radius 1 is 1.07 bits per heavy atom. The van der Waals surface area contributed by atoms with E-state index in [0.29, 0.717) is 19.2 Å². The summed E-state index contributed by atoms with van der Waals surface area (Å²) in [5.41, 5.74) is 0.515. The molecule has 2 fully saturated rings. The molecule has 0 spiro atoms. The van der Waals surface area contributed by atoms with Gasteiger partial charge in [-0.15, -0.1) is 0 Å². The highest BCUT2D eigenvalue weighted by molar-refractivity contribution is 5.68. The van der Waals surface area contributed by atoms with Crippen LogP contribution in [0.5, 0.6) is 0 Å². The summed E-state index contributed by atoms with van der Waals surface area (Å²) in [6, 6.07) is 10.3. The summed E-state index contributed by atoms with van der Waals surface area (Å²) in [6.45, 7) is 9.16. The molecule has 2 saturated heterocycles. The summed E-state index contributed by atoms with van der Waals surface area (Å²) >= 11 is 0. The van der Waals surface area contributed by atoms with Crippen molar-refractivity contribution in [3.63, 3.8) is 0 Å². The smallest absolute Gasteiger partial charge is 0.410 e. The first-order chi connectivity index (χ1) is 14.3. The van der Waals surface area contributed by atoms with Gasteiger partial charge in [0.05, 0.1) is 0 Å². The Morgan fingerprint density at radius 2 is 1.83 bits per heavy atom. The standard InChI is InChI=1S/C23H35N3O4/c1-23(2,3)30-21(27)24-19-11-14-26(16-19)20-10-7-13-25(15-12-20)22(28)29-17-18-8-5-4-6-9-18/h4-6,8-9,19-20H,7,10-17H2,1-3H3,(H,24,27)/t19?,20-/m0/s1. The number of hydrogen-bond acceptors (Lipinski definition) is 5. The molecule has 0 saturated carbocycles. The second kappa shape index (κ2) is 10.2. The first-order valence-electron chi connectivity index (χ1n) is 11.0. The molecule has 7 heteroatoms. The van der Waals surface area contributed by atoms with E-state index in [4.69, 9.17) is 9.47 Å². The van der Waals surface area contributed by atoms with Gasteiger partial charge in [0, 0.05) is 38.3 Å². The average molecular weight is 418 g/mol. The monoisotopic (exact) mass is 417 g/mol. The Kier molecular flexibility index (Phi) is 7.58. The van der Waals surface area contributed by atoms with E-state index in [-0.39, 0.29) is 18.2 Å². The maximum absolute atomic E-state index is 12.5. The molecule has 166 valence electrons. The van der Waals surface area contributed by atoms with E-state index in [1.165, 1.54) is 0 Å². The van der Waals surface area contributed by atoms with E-state index in [1.807, 2.05) is 56.0 Å². The van der Waals surface area contributed by atoms with Gasteiger partial charge in [-0.05, 0) is 52.0 Å². The van der Waals surface area contributed by atoms with Crippen LogP contribution >= 0.6 is 0 Å². The topological polar surface area (TPSA) is 71.1 Å². The molecule has 2 aliphatic heterocycles. The SMILES string of the molecule is CC(C)(C)OC(=O)NC1CCN([C@H]2CCCN(C(=O)OCc3ccccc3)CC2)C1. The molecule has 3 rings (SSSR count). The first kappa shape index (κ1) is 22.4. The van der Waals surface area contributed by atoms with Gasteiger partial charge >= 0.3 is 12.2 Å². The van der Waals surface area contributed by atoms with E-state index in [0.717, 1.165) is 50.9 Å². The van der Waals surface area contributed by atoms with Crippen LogP contribution in [0.4, 0.5) is 9.59 Å². The Morgan fingerprint density at radius 3 is 2.57 bits per heavy atom. The van der Waals surface area contributed by atoms with E-state index in [9.17, 15) is 9.59 Å². The van der Waals surface area contributed by atoms with Gasteiger partial charge < -0.3 is 19.7 Å². The second-order valence-electron chi connectivity index (χ2n) is 9.24. The molecule has 0 aromatic heterocycles. The zero-order valence-corrected chi connectivity index (χ0v) is 18.4. The summed E-state index contributed by atoms with van der Waals surface area (Å²) in [6.07, 6.45) is 3.30. The van der Waals surface area contributed by atoms with Crippen LogP contribution in [0.1, 0.15) is 52.0 Å². The molecule has 1 aromatic rings. The Balaban J connectivity index is 1.41. The van der Waals surface area contributed by atoms with Gasteiger partial charge in [-0.2, -0.15) is 0 Å². The van der Waals surface area contributed by atoms with E-state index >= 15 is 0 Å². The third-order valence-electron chi connectivity index (χ3n) is 5.62. The van der Waals surface area contributed by atoms with Crippen LogP contribution < -0.4 is 5.32 Å². The lowest BCUT2D eigenvalue weighted by Crippen LogP contribution is -2.42. The van der Waals surface area contributed by atoms with Gasteiger partial charge in [0.25, 0.3) is 0 Å². The number of ether oxygens (including phenoxy) is 2. The fourth-order valence-electron chi connectivity index (χ4n) is 4.15. The number of rotatable bonds is 4. The summed E-state index contributed by atoms with van der Waals surface area (Å²) in [5.74, 6) is 0. The van der Waals surface area contributed by atoms with Gasteiger partial charge in [0.1, 0.15) is 12.2 Å². The number of benzene rings is 1. The number of carbonyl (C=O) groups is 2. The van der Waals surface area contributed by atoms with Crippen molar-refractivity contribution in [2.45, 2.75) is 70.7 Å². The maximum atomic E-state index is 12.5. The molecule has 30 heavy (non-hydrogen) atoms. The molecule has 0 aliphatic carbocycles. The molecule has 2 amide bonds. The highest BCUT2D eigenvalue weighted by atomic mass is 16.6. The van der Waals surface area contributed by atoms with Crippen LogP contribution in [0.3, 0.4) is 0 Å². The number of hydrogen-bond donors (Lipinski definition) is 1. The summed E-state index contributed by atoms with van der Waals surface area (Å²) < 4.78 is 10.9. The van der Waals surface area contributed by atoms with Gasteiger partial charge in [0.15, 0.2) is 0 Å². The number of nitrogens with one attached hydrogen (secondary N) is 1.